The van der Waals surface area contributed by atoms with Gasteiger partial charge >= 0.3 is 0 Å². The zero-order chi connectivity index (χ0) is 20.6. The van der Waals surface area contributed by atoms with Gasteiger partial charge < -0.3 is 10.1 Å². The summed E-state index contributed by atoms with van der Waals surface area (Å²) in [5, 5.41) is 12.5. The highest BCUT2D eigenvalue weighted by Gasteiger charge is 2.25. The Bertz CT molecular complexity index is 1300. The molecule has 0 aliphatic carbocycles. The molecule has 30 heavy (non-hydrogen) atoms. The standard InChI is InChI=1S/C23H23N3O3S/c27-30(28,22-7-3-5-17-4-1-2-6-19(17)22)23-20-14-18(8-9-21(20)25-26-23)29-15-16-10-12-24-13-11-16/h1-9,14,16,24H,10-13,15H2,(H,25,26). The van der Waals surface area contributed by atoms with Crippen molar-refractivity contribution >= 4 is 31.5 Å². The molecule has 0 bridgehead atoms. The third-order valence-corrected chi connectivity index (χ3v) is 7.53. The van der Waals surface area contributed by atoms with Crippen LogP contribution < -0.4 is 10.1 Å². The maximum Gasteiger partial charge on any atom is 0.224 e. The number of nitrogens with one attached hydrogen (secondary N) is 2. The van der Waals surface area contributed by atoms with E-state index in [2.05, 4.69) is 15.5 Å². The van der Waals surface area contributed by atoms with Crippen molar-refractivity contribution in [1.29, 1.82) is 0 Å². The normalized spacial score (nSPS) is 15.6. The predicted molar refractivity (Wildman–Crippen MR) is 117 cm³/mol. The van der Waals surface area contributed by atoms with E-state index in [1.54, 1.807) is 24.3 Å². The number of aromatic amines is 1. The fraction of sp³-hybridized carbons (Fsp3) is 0.261. The van der Waals surface area contributed by atoms with Crippen LogP contribution in [0.3, 0.4) is 0 Å². The largest absolute Gasteiger partial charge is 0.493 e. The molecule has 7 heteroatoms. The number of hydrogen-bond donors (Lipinski definition) is 2. The van der Waals surface area contributed by atoms with E-state index in [1.165, 1.54) is 0 Å². The third-order valence-electron chi connectivity index (χ3n) is 5.74. The fourth-order valence-electron chi connectivity index (χ4n) is 4.06. The van der Waals surface area contributed by atoms with Crippen LogP contribution in [0.4, 0.5) is 0 Å². The maximum atomic E-state index is 13.5. The number of piperidine rings is 1. The highest BCUT2D eigenvalue weighted by atomic mass is 32.2. The summed E-state index contributed by atoms with van der Waals surface area (Å²) in [5.74, 6) is 1.18. The summed E-state index contributed by atoms with van der Waals surface area (Å²) in [4.78, 5) is 0.271. The fourth-order valence-corrected chi connectivity index (χ4v) is 5.63. The van der Waals surface area contributed by atoms with Gasteiger partial charge in [-0.2, -0.15) is 5.10 Å². The Hall–Kier alpha value is -2.90. The van der Waals surface area contributed by atoms with E-state index < -0.39 is 9.84 Å². The number of sulfone groups is 1. The Morgan fingerprint density at radius 2 is 1.77 bits per heavy atom. The zero-order valence-corrected chi connectivity index (χ0v) is 17.3. The van der Waals surface area contributed by atoms with Crippen molar-refractivity contribution in [3.63, 3.8) is 0 Å². The molecule has 0 unspecified atom stereocenters. The molecule has 1 aliphatic heterocycles. The van der Waals surface area contributed by atoms with E-state index in [0.717, 1.165) is 31.3 Å². The molecule has 0 atom stereocenters. The molecule has 2 heterocycles. The van der Waals surface area contributed by atoms with Gasteiger partial charge in [-0.15, -0.1) is 0 Å². The van der Waals surface area contributed by atoms with E-state index in [9.17, 15) is 8.42 Å². The Balaban J connectivity index is 1.51. The van der Waals surface area contributed by atoms with E-state index in [0.29, 0.717) is 34.6 Å². The quantitative estimate of drug-likeness (QED) is 0.510. The van der Waals surface area contributed by atoms with Crippen LogP contribution in [0.5, 0.6) is 5.75 Å². The summed E-state index contributed by atoms with van der Waals surface area (Å²) in [5.41, 5.74) is 0.600. The third kappa shape index (κ3) is 3.44. The minimum atomic E-state index is -3.78. The van der Waals surface area contributed by atoms with Crippen molar-refractivity contribution in [3.05, 3.63) is 60.7 Å². The van der Waals surface area contributed by atoms with Crippen LogP contribution in [0.1, 0.15) is 12.8 Å². The van der Waals surface area contributed by atoms with Gasteiger partial charge in [-0.05, 0) is 61.5 Å². The summed E-state index contributed by atoms with van der Waals surface area (Å²) in [6, 6.07) is 18.2. The Morgan fingerprint density at radius 1 is 0.967 bits per heavy atom. The monoisotopic (exact) mass is 421 g/mol. The highest BCUT2D eigenvalue weighted by molar-refractivity contribution is 7.91. The molecule has 1 fully saturated rings. The number of rotatable bonds is 5. The van der Waals surface area contributed by atoms with Gasteiger partial charge in [-0.25, -0.2) is 8.42 Å². The van der Waals surface area contributed by atoms with Crippen molar-refractivity contribution in [2.45, 2.75) is 22.8 Å². The van der Waals surface area contributed by atoms with Crippen LogP contribution in [-0.2, 0) is 9.84 Å². The lowest BCUT2D eigenvalue weighted by Crippen LogP contribution is -2.30. The lowest BCUT2D eigenvalue weighted by atomic mass is 9.99. The van der Waals surface area contributed by atoms with Crippen LogP contribution in [-0.4, -0.2) is 38.3 Å². The summed E-state index contributed by atoms with van der Waals surface area (Å²) in [6.45, 7) is 2.67. The smallest absolute Gasteiger partial charge is 0.224 e. The molecule has 3 aromatic carbocycles. The van der Waals surface area contributed by atoms with E-state index in [-0.39, 0.29) is 9.92 Å². The average Bonchev–Trinajstić information content (AvgIpc) is 3.22. The van der Waals surface area contributed by atoms with Gasteiger partial charge in [0.1, 0.15) is 5.75 Å². The minimum Gasteiger partial charge on any atom is -0.493 e. The first-order valence-corrected chi connectivity index (χ1v) is 11.7. The van der Waals surface area contributed by atoms with Gasteiger partial charge in [-0.1, -0.05) is 36.4 Å². The van der Waals surface area contributed by atoms with Crippen molar-refractivity contribution in [2.75, 3.05) is 19.7 Å². The lowest BCUT2D eigenvalue weighted by Gasteiger charge is -2.22. The second-order valence-corrected chi connectivity index (χ2v) is 9.57. The summed E-state index contributed by atoms with van der Waals surface area (Å²) < 4.78 is 33.0. The maximum absolute atomic E-state index is 13.5. The molecule has 1 saturated heterocycles. The van der Waals surface area contributed by atoms with Crippen LogP contribution >= 0.6 is 0 Å². The van der Waals surface area contributed by atoms with Crippen molar-refractivity contribution in [3.8, 4) is 5.75 Å². The van der Waals surface area contributed by atoms with Gasteiger partial charge in [-0.3, -0.25) is 5.10 Å². The van der Waals surface area contributed by atoms with E-state index in [4.69, 9.17) is 4.74 Å². The molecule has 0 spiro atoms. The molecular formula is C23H23N3O3S. The van der Waals surface area contributed by atoms with Gasteiger partial charge in [0.25, 0.3) is 0 Å². The molecule has 154 valence electrons. The van der Waals surface area contributed by atoms with Crippen molar-refractivity contribution < 1.29 is 13.2 Å². The van der Waals surface area contributed by atoms with E-state index in [1.807, 2.05) is 36.4 Å². The van der Waals surface area contributed by atoms with Crippen LogP contribution in [0, 0.1) is 5.92 Å². The van der Waals surface area contributed by atoms with Crippen molar-refractivity contribution in [2.24, 2.45) is 5.92 Å². The average molecular weight is 422 g/mol. The lowest BCUT2D eigenvalue weighted by molar-refractivity contribution is 0.215. The molecule has 4 aromatic rings. The first kappa shape index (κ1) is 19.1. The number of H-pyrrole nitrogens is 1. The summed E-state index contributed by atoms with van der Waals surface area (Å²) in [6.07, 6.45) is 2.18. The topological polar surface area (TPSA) is 84.1 Å². The molecule has 2 N–H and O–H groups in total. The molecule has 0 radical (unpaired) electrons. The number of aromatic nitrogens is 2. The van der Waals surface area contributed by atoms with Crippen LogP contribution in [0.25, 0.3) is 21.7 Å². The first-order chi connectivity index (χ1) is 14.6. The number of fused-ring (bicyclic) bond motifs is 2. The van der Waals surface area contributed by atoms with Gasteiger partial charge in [0.15, 0.2) is 5.03 Å². The Morgan fingerprint density at radius 3 is 2.63 bits per heavy atom. The first-order valence-electron chi connectivity index (χ1n) is 10.2. The number of nitrogens with zero attached hydrogens (tertiary/aromatic N) is 1. The minimum absolute atomic E-state index is 0.0983. The second kappa shape index (κ2) is 7.74. The molecule has 6 nitrogen and oxygen atoms in total. The molecule has 1 aliphatic rings. The van der Waals surface area contributed by atoms with Crippen LogP contribution in [0.15, 0.2) is 70.6 Å². The van der Waals surface area contributed by atoms with Gasteiger partial charge in [0.2, 0.25) is 9.84 Å². The summed E-state index contributed by atoms with van der Waals surface area (Å²) >= 11 is 0. The molecular weight excluding hydrogens is 398 g/mol. The molecule has 5 rings (SSSR count). The predicted octanol–water partition coefficient (Wildman–Crippen LogP) is 3.93. The van der Waals surface area contributed by atoms with Crippen molar-refractivity contribution in [1.82, 2.24) is 15.5 Å². The van der Waals surface area contributed by atoms with Crippen LogP contribution in [0.2, 0.25) is 0 Å². The molecule has 0 saturated carbocycles. The molecule has 1 aromatic heterocycles. The molecule has 0 amide bonds. The Kier molecular flexibility index (Phi) is 4.92. The number of ether oxygens (including phenoxy) is 1. The van der Waals surface area contributed by atoms with Gasteiger partial charge in [0.05, 0.1) is 17.0 Å². The second-order valence-electron chi connectivity index (χ2n) is 7.72. The van der Waals surface area contributed by atoms with Gasteiger partial charge in [0, 0.05) is 10.8 Å². The highest BCUT2D eigenvalue weighted by Crippen LogP contribution is 2.32. The van der Waals surface area contributed by atoms with E-state index >= 15 is 0 Å². The Labute approximate surface area is 175 Å². The number of hydrogen-bond acceptors (Lipinski definition) is 5. The number of benzene rings is 3. The SMILES string of the molecule is O=S(=O)(c1cccc2ccccc12)c1[nH]nc2ccc(OCC3CCNCC3)cc12. The summed E-state index contributed by atoms with van der Waals surface area (Å²) in [7, 11) is -3.78. The zero-order valence-electron chi connectivity index (χ0n) is 16.5.